The van der Waals surface area contributed by atoms with E-state index in [-0.39, 0.29) is 0 Å². The van der Waals surface area contributed by atoms with Crippen LogP contribution in [0.4, 0.5) is 0 Å². The number of ether oxygens (including phenoxy) is 3. The fraction of sp³-hybridized carbons (Fsp3) is 0.259. The van der Waals surface area contributed by atoms with E-state index in [1.807, 2.05) is 53.9 Å². The standard InChI is InChI=1S/C27H26N2O5S/c1-15-22(26(30)33-4)24(23(16(2)28-15)27(31)34-5)17-9-8-10-18(13-17)25-29-20(14-35-25)19-11-6-7-12-21(19)32-3/h6-14,22,24H,1-5H3. The molecule has 0 aliphatic carbocycles. The zero-order valence-electron chi connectivity index (χ0n) is 20.2. The fourth-order valence-corrected chi connectivity index (χ4v) is 5.27. The molecule has 2 unspecified atom stereocenters. The van der Waals surface area contributed by atoms with Crippen LogP contribution in [0.3, 0.4) is 0 Å². The highest BCUT2D eigenvalue weighted by Gasteiger charge is 2.42. The monoisotopic (exact) mass is 490 g/mol. The second kappa shape index (κ2) is 10.2. The van der Waals surface area contributed by atoms with Crippen LogP contribution in [0, 0.1) is 5.92 Å². The number of benzene rings is 2. The first-order valence-electron chi connectivity index (χ1n) is 11.0. The maximum Gasteiger partial charge on any atom is 0.336 e. The molecule has 0 saturated heterocycles. The lowest BCUT2D eigenvalue weighted by Crippen LogP contribution is -2.36. The third-order valence-corrected chi connectivity index (χ3v) is 6.96. The van der Waals surface area contributed by atoms with Crippen molar-refractivity contribution in [1.29, 1.82) is 0 Å². The maximum atomic E-state index is 12.8. The summed E-state index contributed by atoms with van der Waals surface area (Å²) < 4.78 is 15.6. The summed E-state index contributed by atoms with van der Waals surface area (Å²) in [7, 11) is 4.29. The lowest BCUT2D eigenvalue weighted by molar-refractivity contribution is -0.143. The second-order valence-corrected chi connectivity index (χ2v) is 8.94. The lowest BCUT2D eigenvalue weighted by Gasteiger charge is -2.31. The van der Waals surface area contributed by atoms with Gasteiger partial charge in [0.05, 0.1) is 32.6 Å². The van der Waals surface area contributed by atoms with E-state index in [1.165, 1.54) is 25.6 Å². The van der Waals surface area contributed by atoms with Crippen LogP contribution < -0.4 is 4.74 Å². The molecule has 0 bridgehead atoms. The van der Waals surface area contributed by atoms with Gasteiger partial charge >= 0.3 is 11.9 Å². The van der Waals surface area contributed by atoms with Gasteiger partial charge in [0.2, 0.25) is 0 Å². The summed E-state index contributed by atoms with van der Waals surface area (Å²) in [4.78, 5) is 34.9. The molecule has 0 radical (unpaired) electrons. The van der Waals surface area contributed by atoms with Crippen LogP contribution in [0.15, 0.2) is 70.2 Å². The Balaban J connectivity index is 1.79. The summed E-state index contributed by atoms with van der Waals surface area (Å²) >= 11 is 1.51. The lowest BCUT2D eigenvalue weighted by atomic mass is 9.75. The van der Waals surface area contributed by atoms with Crippen molar-refractivity contribution in [1.82, 2.24) is 4.98 Å². The number of thiazole rings is 1. The Morgan fingerprint density at radius 1 is 0.971 bits per heavy atom. The van der Waals surface area contributed by atoms with Crippen LogP contribution in [0.25, 0.3) is 21.8 Å². The van der Waals surface area contributed by atoms with Crippen LogP contribution in [-0.2, 0) is 19.1 Å². The Labute approximate surface area is 208 Å². The predicted octanol–water partition coefficient (Wildman–Crippen LogP) is 5.28. The maximum absolute atomic E-state index is 12.8. The number of hydrogen-bond acceptors (Lipinski definition) is 8. The highest BCUT2D eigenvalue weighted by Crippen LogP contribution is 2.41. The Morgan fingerprint density at radius 2 is 1.74 bits per heavy atom. The normalized spacial score (nSPS) is 17.6. The molecule has 0 spiro atoms. The van der Waals surface area contributed by atoms with Crippen molar-refractivity contribution in [2.75, 3.05) is 21.3 Å². The van der Waals surface area contributed by atoms with Crippen molar-refractivity contribution in [2.24, 2.45) is 10.9 Å². The zero-order valence-corrected chi connectivity index (χ0v) is 21.0. The van der Waals surface area contributed by atoms with Crippen molar-refractivity contribution >= 4 is 29.0 Å². The number of carbonyl (C=O) groups is 2. The van der Waals surface area contributed by atoms with Crippen LogP contribution in [0.1, 0.15) is 25.3 Å². The Kier molecular flexibility index (Phi) is 7.12. The average Bonchev–Trinajstić information content (AvgIpc) is 3.37. The smallest absolute Gasteiger partial charge is 0.336 e. The van der Waals surface area contributed by atoms with E-state index < -0.39 is 23.8 Å². The van der Waals surface area contributed by atoms with Crippen molar-refractivity contribution in [3.63, 3.8) is 0 Å². The van der Waals surface area contributed by atoms with Gasteiger partial charge in [0, 0.05) is 33.8 Å². The molecule has 1 aliphatic heterocycles. The quantitative estimate of drug-likeness (QED) is 0.437. The van der Waals surface area contributed by atoms with E-state index in [1.54, 1.807) is 21.0 Å². The molecular formula is C27H26N2O5S. The summed E-state index contributed by atoms with van der Waals surface area (Å²) in [5, 5.41) is 2.79. The van der Waals surface area contributed by atoms with Gasteiger partial charge in [-0.2, -0.15) is 0 Å². The number of aromatic nitrogens is 1. The molecule has 2 heterocycles. The van der Waals surface area contributed by atoms with Crippen molar-refractivity contribution < 1.29 is 23.8 Å². The molecule has 0 fully saturated rings. The van der Waals surface area contributed by atoms with Crippen LogP contribution in [0.5, 0.6) is 5.75 Å². The predicted molar refractivity (Wildman–Crippen MR) is 136 cm³/mol. The summed E-state index contributed by atoms with van der Waals surface area (Å²) in [5.74, 6) is -1.56. The summed E-state index contributed by atoms with van der Waals surface area (Å²) in [6, 6.07) is 15.4. The van der Waals surface area contributed by atoms with E-state index in [0.717, 1.165) is 33.1 Å². The molecule has 0 saturated carbocycles. The molecule has 180 valence electrons. The first-order valence-corrected chi connectivity index (χ1v) is 11.9. The SMILES string of the molecule is COC(=O)C1=C(C)N=C(C)C(C(=O)OC)C1c1cccc(-c2nc(-c3ccccc3OC)cs2)c1. The van der Waals surface area contributed by atoms with E-state index in [4.69, 9.17) is 19.2 Å². The Morgan fingerprint density at radius 3 is 2.46 bits per heavy atom. The molecule has 3 aromatic rings. The molecule has 2 atom stereocenters. The van der Waals surface area contributed by atoms with Crippen LogP contribution >= 0.6 is 11.3 Å². The molecular weight excluding hydrogens is 464 g/mol. The molecule has 0 N–H and O–H groups in total. The summed E-state index contributed by atoms with van der Waals surface area (Å²) in [6.45, 7) is 3.52. The van der Waals surface area contributed by atoms with Gasteiger partial charge in [-0.1, -0.05) is 30.3 Å². The number of rotatable bonds is 6. The number of allylic oxidation sites excluding steroid dienone is 1. The van der Waals surface area contributed by atoms with Crippen LogP contribution in [0.2, 0.25) is 0 Å². The highest BCUT2D eigenvalue weighted by atomic mass is 32.1. The third-order valence-electron chi connectivity index (χ3n) is 6.07. The largest absolute Gasteiger partial charge is 0.496 e. The van der Waals surface area contributed by atoms with Gasteiger partial charge in [0.15, 0.2) is 0 Å². The molecule has 8 heteroatoms. The van der Waals surface area contributed by atoms with Crippen molar-refractivity contribution in [3.05, 3.63) is 70.7 Å². The molecule has 1 aliphatic rings. The van der Waals surface area contributed by atoms with Crippen molar-refractivity contribution in [2.45, 2.75) is 19.8 Å². The summed E-state index contributed by atoms with van der Waals surface area (Å²) in [5.41, 5.74) is 4.83. The molecule has 1 aromatic heterocycles. The van der Waals surface area contributed by atoms with E-state index in [2.05, 4.69) is 4.99 Å². The van der Waals surface area contributed by atoms with E-state index >= 15 is 0 Å². The molecule has 35 heavy (non-hydrogen) atoms. The minimum absolute atomic E-state index is 0.347. The highest BCUT2D eigenvalue weighted by molar-refractivity contribution is 7.13. The second-order valence-electron chi connectivity index (χ2n) is 8.09. The third kappa shape index (κ3) is 4.61. The van der Waals surface area contributed by atoms with Crippen molar-refractivity contribution in [3.8, 4) is 27.6 Å². The molecule has 0 amide bonds. The number of carbonyl (C=O) groups excluding carboxylic acids is 2. The number of esters is 2. The Bertz CT molecular complexity index is 1340. The van der Waals surface area contributed by atoms with Gasteiger partial charge in [-0.25, -0.2) is 9.78 Å². The first kappa shape index (κ1) is 24.3. The van der Waals surface area contributed by atoms with Gasteiger partial charge < -0.3 is 14.2 Å². The van der Waals surface area contributed by atoms with Gasteiger partial charge in [0.1, 0.15) is 16.7 Å². The number of para-hydroxylation sites is 1. The Hall–Kier alpha value is -3.78. The minimum atomic E-state index is -0.742. The number of nitrogens with zero attached hydrogens (tertiary/aromatic N) is 2. The van der Waals surface area contributed by atoms with E-state index in [0.29, 0.717) is 17.0 Å². The molecule has 2 aromatic carbocycles. The number of methoxy groups -OCH3 is 3. The van der Waals surface area contributed by atoms with Gasteiger partial charge in [0.25, 0.3) is 0 Å². The average molecular weight is 491 g/mol. The number of aliphatic imine (C=N–C) groups is 1. The summed E-state index contributed by atoms with van der Waals surface area (Å²) in [6.07, 6.45) is 0. The van der Waals surface area contributed by atoms with Gasteiger partial charge in [-0.3, -0.25) is 9.79 Å². The first-order chi connectivity index (χ1) is 16.9. The molecule has 4 rings (SSSR count). The fourth-order valence-electron chi connectivity index (χ4n) is 4.46. The topological polar surface area (TPSA) is 87.1 Å². The number of hydrogen-bond donors (Lipinski definition) is 0. The van der Waals surface area contributed by atoms with E-state index in [9.17, 15) is 9.59 Å². The zero-order chi connectivity index (χ0) is 25.1. The van der Waals surface area contributed by atoms with Gasteiger partial charge in [-0.15, -0.1) is 11.3 Å². The van der Waals surface area contributed by atoms with Gasteiger partial charge in [-0.05, 0) is 37.6 Å². The van der Waals surface area contributed by atoms with Crippen LogP contribution in [-0.4, -0.2) is 44.0 Å². The minimum Gasteiger partial charge on any atom is -0.496 e. The molecule has 7 nitrogen and oxygen atoms in total.